The molecule has 4 rings (SSSR count). The molecule has 2 unspecified atom stereocenters. The molecule has 1 saturated heterocycles. The third-order valence-electron chi connectivity index (χ3n) is 6.94. The van der Waals surface area contributed by atoms with Crippen molar-refractivity contribution in [3.05, 3.63) is 58.6 Å². The smallest absolute Gasteiger partial charge is 0.319 e. The minimum atomic E-state index is -0.170. The van der Waals surface area contributed by atoms with Crippen LogP contribution in [0.2, 0.25) is 0 Å². The molecule has 1 aliphatic rings. The van der Waals surface area contributed by atoms with E-state index < -0.39 is 0 Å². The van der Waals surface area contributed by atoms with Gasteiger partial charge in [-0.05, 0) is 78.2 Å². The molecule has 3 aromatic rings. The van der Waals surface area contributed by atoms with Crippen molar-refractivity contribution < 1.29 is 9.53 Å². The van der Waals surface area contributed by atoms with Crippen LogP contribution in [-0.2, 0) is 10.2 Å². The van der Waals surface area contributed by atoms with E-state index in [1.807, 2.05) is 22.8 Å². The lowest BCUT2D eigenvalue weighted by Crippen LogP contribution is -2.39. The minimum Gasteiger partial charge on any atom is -0.367 e. The monoisotopic (exact) mass is 570 g/mol. The SMILES string of the molecule is CC(C)N(CCCNC(=O)Nc1ccc(C(C)(C)C)cc1)CC1CCC(c2cc(Br)c3cncnn23)O1. The number of anilines is 1. The Morgan fingerprint density at radius 2 is 2.00 bits per heavy atom. The van der Waals surface area contributed by atoms with Gasteiger partial charge in [-0.3, -0.25) is 4.90 Å². The Morgan fingerprint density at radius 1 is 1.24 bits per heavy atom. The molecule has 8 nitrogen and oxygen atoms in total. The fraction of sp³-hybridized carbons (Fsp3) is 0.536. The highest BCUT2D eigenvalue weighted by Gasteiger charge is 2.31. The van der Waals surface area contributed by atoms with Crippen molar-refractivity contribution in [2.24, 2.45) is 0 Å². The van der Waals surface area contributed by atoms with E-state index >= 15 is 0 Å². The molecule has 2 aromatic heterocycles. The van der Waals surface area contributed by atoms with Gasteiger partial charge in [0.1, 0.15) is 12.4 Å². The number of nitrogens with zero attached hydrogens (tertiary/aromatic N) is 4. The van der Waals surface area contributed by atoms with Crippen LogP contribution >= 0.6 is 15.9 Å². The highest BCUT2D eigenvalue weighted by molar-refractivity contribution is 9.10. The van der Waals surface area contributed by atoms with Crippen LogP contribution in [0.15, 0.2) is 47.3 Å². The van der Waals surface area contributed by atoms with Gasteiger partial charge in [0.05, 0.1) is 23.5 Å². The van der Waals surface area contributed by atoms with Crippen LogP contribution in [0.25, 0.3) is 5.52 Å². The van der Waals surface area contributed by atoms with Gasteiger partial charge in [-0.15, -0.1) is 0 Å². The van der Waals surface area contributed by atoms with Gasteiger partial charge in [-0.2, -0.15) is 5.10 Å². The zero-order chi connectivity index (χ0) is 26.6. The van der Waals surface area contributed by atoms with Crippen molar-refractivity contribution in [1.29, 1.82) is 0 Å². The van der Waals surface area contributed by atoms with Crippen LogP contribution in [0.1, 0.15) is 71.2 Å². The number of aromatic nitrogens is 3. The molecule has 9 heteroatoms. The molecule has 37 heavy (non-hydrogen) atoms. The number of carbonyl (C=O) groups excluding carboxylic acids is 1. The van der Waals surface area contributed by atoms with Crippen molar-refractivity contribution in [3.8, 4) is 0 Å². The Balaban J connectivity index is 1.22. The van der Waals surface area contributed by atoms with Crippen molar-refractivity contribution >= 4 is 33.2 Å². The van der Waals surface area contributed by atoms with Gasteiger partial charge < -0.3 is 15.4 Å². The van der Waals surface area contributed by atoms with E-state index in [2.05, 4.69) is 94.4 Å². The number of rotatable bonds is 9. The van der Waals surface area contributed by atoms with Crippen LogP contribution in [0, 0.1) is 0 Å². The fourth-order valence-corrected chi connectivity index (χ4v) is 5.26. The Kier molecular flexibility index (Phi) is 8.87. The van der Waals surface area contributed by atoms with Crippen LogP contribution in [0.5, 0.6) is 0 Å². The van der Waals surface area contributed by atoms with E-state index in [1.54, 1.807) is 6.33 Å². The first-order chi connectivity index (χ1) is 17.6. The van der Waals surface area contributed by atoms with Gasteiger partial charge in [0.25, 0.3) is 0 Å². The highest BCUT2D eigenvalue weighted by Crippen LogP contribution is 2.36. The summed E-state index contributed by atoms with van der Waals surface area (Å²) in [6, 6.07) is 10.4. The second-order valence-corrected chi connectivity index (χ2v) is 12.0. The number of amides is 2. The average molecular weight is 572 g/mol. The second kappa shape index (κ2) is 11.9. The lowest BCUT2D eigenvalue weighted by Gasteiger charge is -2.29. The first kappa shape index (κ1) is 27.5. The van der Waals surface area contributed by atoms with E-state index in [0.29, 0.717) is 12.6 Å². The van der Waals surface area contributed by atoms with Crippen LogP contribution < -0.4 is 10.6 Å². The Morgan fingerprint density at radius 3 is 2.70 bits per heavy atom. The molecule has 0 spiro atoms. The summed E-state index contributed by atoms with van der Waals surface area (Å²) in [6.45, 7) is 13.3. The number of hydrogen-bond acceptors (Lipinski definition) is 5. The minimum absolute atomic E-state index is 0.0236. The number of hydrogen-bond donors (Lipinski definition) is 2. The number of nitrogens with one attached hydrogen (secondary N) is 2. The third kappa shape index (κ3) is 7.09. The molecule has 1 fully saturated rings. The van der Waals surface area contributed by atoms with E-state index in [9.17, 15) is 4.79 Å². The Bertz CT molecular complexity index is 1190. The maximum Gasteiger partial charge on any atom is 0.319 e. The fourth-order valence-electron chi connectivity index (χ4n) is 4.76. The largest absolute Gasteiger partial charge is 0.367 e. The summed E-state index contributed by atoms with van der Waals surface area (Å²) < 4.78 is 9.37. The number of carbonyl (C=O) groups is 1. The van der Waals surface area contributed by atoms with Crippen LogP contribution in [0.4, 0.5) is 10.5 Å². The molecule has 2 atom stereocenters. The number of fused-ring (bicyclic) bond motifs is 1. The molecule has 1 aliphatic heterocycles. The van der Waals surface area contributed by atoms with E-state index in [-0.39, 0.29) is 23.7 Å². The summed E-state index contributed by atoms with van der Waals surface area (Å²) >= 11 is 3.61. The lowest BCUT2D eigenvalue weighted by atomic mass is 9.87. The first-order valence-corrected chi connectivity index (χ1v) is 13.9. The number of benzene rings is 1. The van der Waals surface area contributed by atoms with E-state index in [0.717, 1.165) is 53.7 Å². The maximum atomic E-state index is 12.3. The molecule has 2 N–H and O–H groups in total. The second-order valence-electron chi connectivity index (χ2n) is 11.1. The molecule has 0 saturated carbocycles. The number of ether oxygens (including phenoxy) is 1. The lowest BCUT2D eigenvalue weighted by molar-refractivity contribution is 0.0134. The predicted octanol–water partition coefficient (Wildman–Crippen LogP) is 5.93. The van der Waals surface area contributed by atoms with E-state index in [1.165, 1.54) is 5.56 Å². The van der Waals surface area contributed by atoms with Crippen molar-refractivity contribution in [2.45, 2.75) is 77.5 Å². The summed E-state index contributed by atoms with van der Waals surface area (Å²) in [7, 11) is 0. The quantitative estimate of drug-likeness (QED) is 0.311. The van der Waals surface area contributed by atoms with Gasteiger partial charge in [0.2, 0.25) is 0 Å². The normalized spacial score (nSPS) is 18.2. The predicted molar refractivity (Wildman–Crippen MR) is 151 cm³/mol. The standard InChI is InChI=1S/C28H39BrN6O2/c1-19(2)34(14-6-13-31-27(36)33-21-9-7-20(8-10-21)28(3,4)5)17-22-11-12-26(37-22)24-15-23(29)25-16-30-18-32-35(24)25/h7-10,15-16,18-19,22,26H,6,11-14,17H2,1-5H3,(H2,31,33,36). The number of urea groups is 1. The first-order valence-electron chi connectivity index (χ1n) is 13.1. The van der Waals surface area contributed by atoms with Crippen LogP contribution in [0.3, 0.4) is 0 Å². The number of halogens is 1. The molecule has 2 amide bonds. The molecule has 200 valence electrons. The topological polar surface area (TPSA) is 83.8 Å². The summed E-state index contributed by atoms with van der Waals surface area (Å²) in [5, 5.41) is 10.3. The Hall–Kier alpha value is -2.49. The van der Waals surface area contributed by atoms with Gasteiger partial charge >= 0.3 is 6.03 Å². The molecule has 0 radical (unpaired) electrons. The summed E-state index contributed by atoms with van der Waals surface area (Å²) in [5.41, 5.74) is 4.15. The molecule has 3 heterocycles. The summed E-state index contributed by atoms with van der Waals surface area (Å²) in [5.74, 6) is 0. The maximum absolute atomic E-state index is 12.3. The van der Waals surface area contributed by atoms with Gasteiger partial charge in [-0.1, -0.05) is 32.9 Å². The van der Waals surface area contributed by atoms with E-state index in [4.69, 9.17) is 4.74 Å². The van der Waals surface area contributed by atoms with Crippen molar-refractivity contribution in [2.75, 3.05) is 25.0 Å². The zero-order valence-corrected chi connectivity index (χ0v) is 24.1. The average Bonchev–Trinajstić information content (AvgIpc) is 3.45. The van der Waals surface area contributed by atoms with Gasteiger partial charge in [0, 0.05) is 35.8 Å². The van der Waals surface area contributed by atoms with Gasteiger partial charge in [-0.25, -0.2) is 14.3 Å². The summed E-state index contributed by atoms with van der Waals surface area (Å²) in [6.07, 6.45) is 6.42. The molecule has 0 aliphatic carbocycles. The highest BCUT2D eigenvalue weighted by atomic mass is 79.9. The summed E-state index contributed by atoms with van der Waals surface area (Å²) in [4.78, 5) is 18.9. The van der Waals surface area contributed by atoms with Crippen molar-refractivity contribution in [3.63, 3.8) is 0 Å². The third-order valence-corrected chi connectivity index (χ3v) is 7.58. The zero-order valence-electron chi connectivity index (χ0n) is 22.5. The molecular formula is C28H39BrN6O2. The van der Waals surface area contributed by atoms with Crippen LogP contribution in [-0.4, -0.2) is 57.3 Å². The molecule has 0 bridgehead atoms. The Labute approximate surface area is 228 Å². The van der Waals surface area contributed by atoms with Crippen molar-refractivity contribution in [1.82, 2.24) is 24.8 Å². The van der Waals surface area contributed by atoms with Gasteiger partial charge in [0.15, 0.2) is 0 Å². The molecule has 1 aromatic carbocycles. The molecular weight excluding hydrogens is 532 g/mol.